The van der Waals surface area contributed by atoms with E-state index >= 15 is 0 Å². The molecule has 1 aromatic carbocycles. The fraction of sp³-hybridized carbons (Fsp3) is 0.333. The van der Waals surface area contributed by atoms with Crippen molar-refractivity contribution < 1.29 is 9.26 Å². The van der Waals surface area contributed by atoms with Gasteiger partial charge in [-0.05, 0) is 38.2 Å². The van der Waals surface area contributed by atoms with E-state index in [2.05, 4.69) is 15.5 Å². The van der Waals surface area contributed by atoms with Crippen LogP contribution in [-0.4, -0.2) is 23.8 Å². The summed E-state index contributed by atoms with van der Waals surface area (Å²) in [6.07, 6.45) is 0. The molecule has 1 aromatic heterocycles. The minimum absolute atomic E-state index is 0.573. The molecule has 0 atom stereocenters. The average molecular weight is 233 g/mol. The molecule has 2 aromatic rings. The topological polar surface area (TPSA) is 60.2 Å². The molecule has 0 saturated heterocycles. The number of hydrogen-bond donors (Lipinski definition) is 1. The van der Waals surface area contributed by atoms with Gasteiger partial charge in [-0.25, -0.2) is 0 Å². The molecule has 0 bridgehead atoms. The van der Waals surface area contributed by atoms with Crippen molar-refractivity contribution in [3.8, 4) is 17.1 Å². The third kappa shape index (κ3) is 2.82. The van der Waals surface area contributed by atoms with Gasteiger partial charge >= 0.3 is 0 Å². The maximum absolute atomic E-state index is 5.37. The van der Waals surface area contributed by atoms with Crippen LogP contribution in [0.2, 0.25) is 0 Å². The van der Waals surface area contributed by atoms with E-state index in [1.807, 2.05) is 38.2 Å². The molecule has 2 rings (SSSR count). The van der Waals surface area contributed by atoms with Crippen LogP contribution in [0.25, 0.3) is 11.4 Å². The molecule has 0 amide bonds. The fourth-order valence-corrected chi connectivity index (χ4v) is 1.46. The molecule has 5 nitrogen and oxygen atoms in total. The van der Waals surface area contributed by atoms with E-state index in [4.69, 9.17) is 9.26 Å². The maximum atomic E-state index is 5.37. The minimum Gasteiger partial charge on any atom is -0.494 e. The zero-order chi connectivity index (χ0) is 12.1. The lowest BCUT2D eigenvalue weighted by Gasteiger charge is -2.02. The molecule has 0 aliphatic rings. The second-order valence-corrected chi connectivity index (χ2v) is 3.50. The molecule has 0 spiro atoms. The van der Waals surface area contributed by atoms with E-state index in [0.29, 0.717) is 24.9 Å². The highest BCUT2D eigenvalue weighted by molar-refractivity contribution is 5.55. The lowest BCUT2D eigenvalue weighted by atomic mass is 10.2. The highest BCUT2D eigenvalue weighted by Gasteiger charge is 2.07. The fourth-order valence-electron chi connectivity index (χ4n) is 1.46. The van der Waals surface area contributed by atoms with E-state index in [1.165, 1.54) is 0 Å². The Morgan fingerprint density at radius 2 is 2.06 bits per heavy atom. The van der Waals surface area contributed by atoms with Crippen LogP contribution in [0, 0.1) is 0 Å². The van der Waals surface area contributed by atoms with Gasteiger partial charge in [-0.15, -0.1) is 0 Å². The Labute approximate surface area is 99.8 Å². The van der Waals surface area contributed by atoms with Crippen LogP contribution in [0.4, 0.5) is 0 Å². The maximum Gasteiger partial charge on any atom is 0.240 e. The van der Waals surface area contributed by atoms with Crippen molar-refractivity contribution in [2.45, 2.75) is 13.5 Å². The molecule has 17 heavy (non-hydrogen) atoms. The molecule has 1 N–H and O–H groups in total. The smallest absolute Gasteiger partial charge is 0.240 e. The van der Waals surface area contributed by atoms with E-state index in [9.17, 15) is 0 Å². The first-order valence-electron chi connectivity index (χ1n) is 5.54. The van der Waals surface area contributed by atoms with E-state index in [0.717, 1.165) is 11.3 Å². The zero-order valence-electron chi connectivity index (χ0n) is 9.93. The van der Waals surface area contributed by atoms with Gasteiger partial charge < -0.3 is 14.6 Å². The van der Waals surface area contributed by atoms with Crippen molar-refractivity contribution in [1.82, 2.24) is 15.5 Å². The van der Waals surface area contributed by atoms with Crippen LogP contribution in [0.1, 0.15) is 12.8 Å². The third-order valence-electron chi connectivity index (χ3n) is 2.22. The third-order valence-corrected chi connectivity index (χ3v) is 2.22. The first-order chi connectivity index (χ1) is 8.33. The van der Waals surface area contributed by atoms with E-state index in [1.54, 1.807) is 0 Å². The molecular weight excluding hydrogens is 218 g/mol. The molecular formula is C12H15N3O2. The molecule has 1 heterocycles. The molecule has 5 heteroatoms. The van der Waals surface area contributed by atoms with Gasteiger partial charge in [0, 0.05) is 5.56 Å². The van der Waals surface area contributed by atoms with Gasteiger partial charge in [-0.1, -0.05) is 5.16 Å². The lowest BCUT2D eigenvalue weighted by Crippen LogP contribution is -2.04. The van der Waals surface area contributed by atoms with Crippen LogP contribution in [0.3, 0.4) is 0 Å². The highest BCUT2D eigenvalue weighted by Crippen LogP contribution is 2.19. The summed E-state index contributed by atoms with van der Waals surface area (Å²) >= 11 is 0. The largest absolute Gasteiger partial charge is 0.494 e. The van der Waals surface area contributed by atoms with Gasteiger partial charge in [0.1, 0.15) is 5.75 Å². The molecule has 0 fully saturated rings. The van der Waals surface area contributed by atoms with E-state index < -0.39 is 0 Å². The second-order valence-electron chi connectivity index (χ2n) is 3.50. The quantitative estimate of drug-likeness (QED) is 0.854. The van der Waals surface area contributed by atoms with Crippen LogP contribution < -0.4 is 10.1 Å². The van der Waals surface area contributed by atoms with Crippen molar-refractivity contribution in [1.29, 1.82) is 0 Å². The Balaban J connectivity index is 2.15. The minimum atomic E-state index is 0.573. The Morgan fingerprint density at radius 3 is 2.71 bits per heavy atom. The molecule has 0 saturated carbocycles. The number of hydrogen-bond acceptors (Lipinski definition) is 5. The first-order valence-corrected chi connectivity index (χ1v) is 5.54. The molecule has 90 valence electrons. The number of benzene rings is 1. The lowest BCUT2D eigenvalue weighted by molar-refractivity contribution is 0.340. The van der Waals surface area contributed by atoms with Crippen LogP contribution >= 0.6 is 0 Å². The van der Waals surface area contributed by atoms with Crippen LogP contribution in [0.15, 0.2) is 28.8 Å². The Hall–Kier alpha value is -1.88. The number of nitrogens with one attached hydrogen (secondary N) is 1. The Kier molecular flexibility index (Phi) is 3.72. The zero-order valence-corrected chi connectivity index (χ0v) is 9.93. The number of rotatable bonds is 5. The summed E-state index contributed by atoms with van der Waals surface area (Å²) in [5, 5.41) is 6.87. The summed E-state index contributed by atoms with van der Waals surface area (Å²) in [5.41, 5.74) is 0.916. The monoisotopic (exact) mass is 233 g/mol. The first kappa shape index (κ1) is 11.6. The molecule has 0 radical (unpaired) electrons. The van der Waals surface area contributed by atoms with E-state index in [-0.39, 0.29) is 0 Å². The summed E-state index contributed by atoms with van der Waals surface area (Å²) in [7, 11) is 1.83. The normalized spacial score (nSPS) is 10.5. The van der Waals surface area contributed by atoms with Crippen LogP contribution in [-0.2, 0) is 6.54 Å². The van der Waals surface area contributed by atoms with Crippen molar-refractivity contribution >= 4 is 0 Å². The van der Waals surface area contributed by atoms with Gasteiger partial charge in [-0.3, -0.25) is 0 Å². The Bertz CT molecular complexity index is 465. The van der Waals surface area contributed by atoms with Crippen molar-refractivity contribution in [3.63, 3.8) is 0 Å². The summed E-state index contributed by atoms with van der Waals surface area (Å²) in [6.45, 7) is 3.19. The highest BCUT2D eigenvalue weighted by atomic mass is 16.5. The molecule has 0 unspecified atom stereocenters. The van der Waals surface area contributed by atoms with Gasteiger partial charge in [0.15, 0.2) is 0 Å². The predicted octanol–water partition coefficient (Wildman–Crippen LogP) is 1.85. The SMILES string of the molecule is CCOc1ccc(-c2noc(CNC)n2)cc1. The summed E-state index contributed by atoms with van der Waals surface area (Å²) in [5.74, 6) is 2.02. The summed E-state index contributed by atoms with van der Waals surface area (Å²) in [4.78, 5) is 4.26. The summed E-state index contributed by atoms with van der Waals surface area (Å²) < 4.78 is 10.4. The van der Waals surface area contributed by atoms with Crippen molar-refractivity contribution in [3.05, 3.63) is 30.2 Å². The number of aromatic nitrogens is 2. The number of nitrogens with zero attached hydrogens (tertiary/aromatic N) is 2. The second kappa shape index (κ2) is 5.45. The Morgan fingerprint density at radius 1 is 1.29 bits per heavy atom. The van der Waals surface area contributed by atoms with Crippen molar-refractivity contribution in [2.24, 2.45) is 0 Å². The average Bonchev–Trinajstić information content (AvgIpc) is 2.80. The molecule has 0 aliphatic heterocycles. The van der Waals surface area contributed by atoms with Gasteiger partial charge in [0.25, 0.3) is 0 Å². The van der Waals surface area contributed by atoms with Gasteiger partial charge in [-0.2, -0.15) is 4.98 Å². The standard InChI is InChI=1S/C12H15N3O2/c1-3-16-10-6-4-9(5-7-10)12-14-11(8-13-2)17-15-12/h4-7,13H,3,8H2,1-2H3. The van der Waals surface area contributed by atoms with Gasteiger partial charge in [0.05, 0.1) is 13.2 Å². The van der Waals surface area contributed by atoms with Crippen LogP contribution in [0.5, 0.6) is 5.75 Å². The predicted molar refractivity (Wildman–Crippen MR) is 63.7 cm³/mol. The number of ether oxygens (including phenoxy) is 1. The molecule has 0 aliphatic carbocycles. The van der Waals surface area contributed by atoms with Crippen molar-refractivity contribution in [2.75, 3.05) is 13.7 Å². The summed E-state index contributed by atoms with van der Waals surface area (Å²) in [6, 6.07) is 7.62. The van der Waals surface area contributed by atoms with Gasteiger partial charge in [0.2, 0.25) is 11.7 Å².